The zero-order chi connectivity index (χ0) is 16.8. The minimum Gasteiger partial charge on any atom is -0.319 e. The van der Waals surface area contributed by atoms with E-state index in [1.54, 1.807) is 30.3 Å². The van der Waals surface area contributed by atoms with E-state index in [1.807, 2.05) is 0 Å². The lowest BCUT2D eigenvalue weighted by molar-refractivity contribution is -0.384. The summed E-state index contributed by atoms with van der Waals surface area (Å²) in [5.41, 5.74) is 0.200. The quantitative estimate of drug-likeness (QED) is 0.290. The van der Waals surface area contributed by atoms with Crippen LogP contribution in [0.1, 0.15) is 16.8 Å². The number of rotatable bonds is 6. The van der Waals surface area contributed by atoms with Gasteiger partial charge in [-0.05, 0) is 12.1 Å². The van der Waals surface area contributed by atoms with Crippen molar-refractivity contribution in [3.8, 4) is 0 Å². The molecule has 0 heterocycles. The molecular weight excluding hydrogens is 300 g/mol. The van der Waals surface area contributed by atoms with Crippen molar-refractivity contribution in [2.75, 3.05) is 5.32 Å². The monoisotopic (exact) mass is 312 g/mol. The number of carbonyl (C=O) groups excluding carboxylic acids is 3. The Hall–Kier alpha value is -3.35. The van der Waals surface area contributed by atoms with Crippen LogP contribution in [-0.4, -0.2) is 22.4 Å². The van der Waals surface area contributed by atoms with Crippen LogP contribution in [0, 0.1) is 10.1 Å². The van der Waals surface area contributed by atoms with E-state index in [0.29, 0.717) is 5.69 Å². The van der Waals surface area contributed by atoms with Crippen molar-refractivity contribution in [2.24, 2.45) is 0 Å². The molecule has 7 heteroatoms. The minimum absolute atomic E-state index is 0.0139. The third kappa shape index (κ3) is 4.31. The number of nitrogens with zero attached hydrogens (tertiary/aromatic N) is 1. The molecule has 2 aromatic carbocycles. The highest BCUT2D eigenvalue weighted by Crippen LogP contribution is 2.15. The number of para-hydroxylation sites is 1. The van der Waals surface area contributed by atoms with Crippen molar-refractivity contribution in [3.63, 3.8) is 0 Å². The van der Waals surface area contributed by atoms with E-state index in [-0.39, 0.29) is 11.3 Å². The zero-order valence-corrected chi connectivity index (χ0v) is 11.9. The fourth-order valence-corrected chi connectivity index (χ4v) is 1.84. The molecule has 2 aromatic rings. The second-order valence-electron chi connectivity index (χ2n) is 4.65. The number of anilines is 1. The van der Waals surface area contributed by atoms with Gasteiger partial charge in [0.05, 0.1) is 11.3 Å². The lowest BCUT2D eigenvalue weighted by Gasteiger charge is -2.04. The first-order chi connectivity index (χ1) is 11.0. The number of hydrogen-bond acceptors (Lipinski definition) is 5. The Labute approximate surface area is 131 Å². The lowest BCUT2D eigenvalue weighted by atomic mass is 10.1. The van der Waals surface area contributed by atoms with Crippen molar-refractivity contribution >= 4 is 28.8 Å². The number of amides is 1. The van der Waals surface area contributed by atoms with Crippen molar-refractivity contribution in [1.29, 1.82) is 0 Å². The molecule has 1 amide bonds. The molecule has 0 aliphatic carbocycles. The van der Waals surface area contributed by atoms with Gasteiger partial charge in [0.1, 0.15) is 0 Å². The molecule has 0 aromatic heterocycles. The average molecular weight is 312 g/mol. The molecule has 0 radical (unpaired) electrons. The Morgan fingerprint density at radius 3 is 2.35 bits per heavy atom. The number of Topliss-reactive ketones (excluding diaryl/α,β-unsaturated/α-hetero) is 2. The van der Waals surface area contributed by atoms with Crippen LogP contribution in [-0.2, 0) is 9.59 Å². The Bertz CT molecular complexity index is 771. The van der Waals surface area contributed by atoms with Crippen molar-refractivity contribution < 1.29 is 19.3 Å². The molecule has 0 saturated heterocycles. The summed E-state index contributed by atoms with van der Waals surface area (Å²) in [5, 5.41) is 13.1. The van der Waals surface area contributed by atoms with Crippen molar-refractivity contribution in [2.45, 2.75) is 6.42 Å². The molecule has 1 N–H and O–H groups in total. The summed E-state index contributed by atoms with van der Waals surface area (Å²) in [6.07, 6.45) is -0.653. The topological polar surface area (TPSA) is 106 Å². The van der Waals surface area contributed by atoms with Gasteiger partial charge in [0, 0.05) is 23.4 Å². The Kier molecular flexibility index (Phi) is 4.93. The van der Waals surface area contributed by atoms with E-state index < -0.39 is 28.8 Å². The Morgan fingerprint density at radius 2 is 1.70 bits per heavy atom. The lowest BCUT2D eigenvalue weighted by Crippen LogP contribution is -2.25. The van der Waals surface area contributed by atoms with Crippen LogP contribution in [0.4, 0.5) is 11.4 Å². The number of nitro groups is 1. The fraction of sp³-hybridized carbons (Fsp3) is 0.0625. The number of benzene rings is 2. The predicted molar refractivity (Wildman–Crippen MR) is 82.1 cm³/mol. The molecule has 2 rings (SSSR count). The highest BCUT2D eigenvalue weighted by molar-refractivity contribution is 6.44. The molecule has 0 bridgehead atoms. The zero-order valence-electron chi connectivity index (χ0n) is 11.9. The van der Waals surface area contributed by atoms with E-state index in [0.717, 1.165) is 6.07 Å². The first kappa shape index (κ1) is 16.0. The van der Waals surface area contributed by atoms with Gasteiger partial charge in [-0.3, -0.25) is 24.5 Å². The van der Waals surface area contributed by atoms with Gasteiger partial charge in [-0.1, -0.05) is 30.3 Å². The van der Waals surface area contributed by atoms with Gasteiger partial charge in [0.25, 0.3) is 11.6 Å². The fourth-order valence-electron chi connectivity index (χ4n) is 1.84. The van der Waals surface area contributed by atoms with Gasteiger partial charge in [0.15, 0.2) is 5.78 Å². The molecule has 0 unspecified atom stereocenters. The molecule has 0 saturated carbocycles. The molecule has 0 aliphatic rings. The van der Waals surface area contributed by atoms with Crippen molar-refractivity contribution in [1.82, 2.24) is 0 Å². The second-order valence-corrected chi connectivity index (χ2v) is 4.65. The smallest absolute Gasteiger partial charge is 0.292 e. The molecule has 0 fully saturated rings. The first-order valence-corrected chi connectivity index (χ1v) is 6.64. The van der Waals surface area contributed by atoms with E-state index in [1.165, 1.54) is 18.2 Å². The molecular formula is C16H12N2O5. The summed E-state index contributed by atoms with van der Waals surface area (Å²) in [6, 6.07) is 13.4. The number of nitro benzene ring substituents is 1. The van der Waals surface area contributed by atoms with Crippen LogP contribution in [0.15, 0.2) is 54.6 Å². The van der Waals surface area contributed by atoms with Gasteiger partial charge in [-0.2, -0.15) is 0 Å². The SMILES string of the molecule is O=C(CC(=O)c1cccc([N+](=O)[O-])c1)C(=O)Nc1ccccc1. The second kappa shape index (κ2) is 7.08. The summed E-state index contributed by atoms with van der Waals surface area (Å²) in [4.78, 5) is 45.5. The standard InChI is InChI=1S/C16H12N2O5/c19-14(11-5-4-8-13(9-11)18(22)23)10-15(20)16(21)17-12-6-2-1-3-7-12/h1-9H,10H2,(H,17,21). The number of nitrogens with one attached hydrogen (secondary N) is 1. The summed E-state index contributed by atoms with van der Waals surface area (Å²) >= 11 is 0. The van der Waals surface area contributed by atoms with Gasteiger partial charge in [0.2, 0.25) is 5.78 Å². The summed E-state index contributed by atoms with van der Waals surface area (Å²) in [5.74, 6) is -2.47. The van der Waals surface area contributed by atoms with E-state index in [4.69, 9.17) is 0 Å². The summed E-state index contributed by atoms with van der Waals surface area (Å²) in [6.45, 7) is 0. The van der Waals surface area contributed by atoms with E-state index in [9.17, 15) is 24.5 Å². The summed E-state index contributed by atoms with van der Waals surface area (Å²) < 4.78 is 0. The molecule has 0 atom stereocenters. The highest BCUT2D eigenvalue weighted by atomic mass is 16.6. The number of carbonyl (C=O) groups is 3. The Balaban J connectivity index is 2.02. The first-order valence-electron chi connectivity index (χ1n) is 6.64. The summed E-state index contributed by atoms with van der Waals surface area (Å²) in [7, 11) is 0. The minimum atomic E-state index is -0.912. The number of hydrogen-bond donors (Lipinski definition) is 1. The maximum atomic E-state index is 12.0. The molecule has 23 heavy (non-hydrogen) atoms. The normalized spacial score (nSPS) is 9.91. The average Bonchev–Trinajstić information content (AvgIpc) is 2.55. The van der Waals surface area contributed by atoms with Gasteiger partial charge in [-0.15, -0.1) is 0 Å². The van der Waals surface area contributed by atoms with Crippen LogP contribution >= 0.6 is 0 Å². The van der Waals surface area contributed by atoms with Gasteiger partial charge >= 0.3 is 0 Å². The van der Waals surface area contributed by atoms with Crippen LogP contribution in [0.2, 0.25) is 0 Å². The van der Waals surface area contributed by atoms with Crippen molar-refractivity contribution in [3.05, 3.63) is 70.3 Å². The predicted octanol–water partition coefficient (Wildman–Crippen LogP) is 2.38. The van der Waals surface area contributed by atoms with E-state index >= 15 is 0 Å². The maximum Gasteiger partial charge on any atom is 0.292 e. The van der Waals surface area contributed by atoms with Crippen LogP contribution in [0.3, 0.4) is 0 Å². The molecule has 0 aliphatic heterocycles. The van der Waals surface area contributed by atoms with Crippen LogP contribution < -0.4 is 5.32 Å². The third-order valence-electron chi connectivity index (χ3n) is 2.98. The number of non-ortho nitro benzene ring substituents is 1. The largest absolute Gasteiger partial charge is 0.319 e. The van der Waals surface area contributed by atoms with E-state index in [2.05, 4.69) is 5.32 Å². The third-order valence-corrected chi connectivity index (χ3v) is 2.98. The maximum absolute atomic E-state index is 12.0. The molecule has 116 valence electrons. The highest BCUT2D eigenvalue weighted by Gasteiger charge is 2.20. The Morgan fingerprint density at radius 1 is 1.00 bits per heavy atom. The molecule has 7 nitrogen and oxygen atoms in total. The van der Waals surface area contributed by atoms with Gasteiger partial charge in [-0.25, -0.2) is 0 Å². The number of ketones is 2. The molecule has 0 spiro atoms. The van der Waals surface area contributed by atoms with Gasteiger partial charge < -0.3 is 5.32 Å². The van der Waals surface area contributed by atoms with Crippen LogP contribution in [0.25, 0.3) is 0 Å². The van der Waals surface area contributed by atoms with Crippen LogP contribution in [0.5, 0.6) is 0 Å².